The maximum absolute atomic E-state index is 14.2. The average molecular weight is 361 g/mol. The van der Waals surface area contributed by atoms with Crippen molar-refractivity contribution in [3.8, 4) is 0 Å². The highest BCUT2D eigenvalue weighted by Crippen LogP contribution is 2.41. The molecule has 0 aliphatic carbocycles. The summed E-state index contributed by atoms with van der Waals surface area (Å²) in [7, 11) is 1.08. The van der Waals surface area contributed by atoms with Crippen LogP contribution in [0.1, 0.15) is 24.5 Å². The van der Waals surface area contributed by atoms with Crippen molar-refractivity contribution in [3.05, 3.63) is 41.2 Å². The lowest BCUT2D eigenvalue weighted by Crippen LogP contribution is -2.42. The Balaban J connectivity index is 2.65. The summed E-state index contributed by atoms with van der Waals surface area (Å²) in [6.07, 6.45) is -4.60. The molecule has 0 amide bonds. The van der Waals surface area contributed by atoms with Crippen molar-refractivity contribution in [3.63, 3.8) is 0 Å². The summed E-state index contributed by atoms with van der Waals surface area (Å²) in [6.45, 7) is 1.54. The van der Waals surface area contributed by atoms with E-state index in [0.717, 1.165) is 19.2 Å². The van der Waals surface area contributed by atoms with Crippen molar-refractivity contribution in [1.82, 2.24) is 0 Å². The molecule has 2 N–H and O–H groups in total. The third-order valence-electron chi connectivity index (χ3n) is 3.73. The number of ether oxygens (including phenoxy) is 2. The summed E-state index contributed by atoms with van der Waals surface area (Å²) in [5.74, 6) is -7.07. The van der Waals surface area contributed by atoms with Gasteiger partial charge in [0.25, 0.3) is 5.78 Å². The topological polar surface area (TPSA) is 78.6 Å². The summed E-state index contributed by atoms with van der Waals surface area (Å²) < 4.78 is 62.3. The van der Waals surface area contributed by atoms with Crippen molar-refractivity contribution >= 4 is 17.3 Å². The number of halogens is 4. The second kappa shape index (κ2) is 6.47. The summed E-state index contributed by atoms with van der Waals surface area (Å²) in [5, 5.41) is 0. The molecule has 0 saturated carbocycles. The molecule has 2 unspecified atom stereocenters. The molecule has 1 aromatic rings. The van der Waals surface area contributed by atoms with E-state index in [1.165, 1.54) is 6.07 Å². The van der Waals surface area contributed by atoms with E-state index in [1.54, 1.807) is 6.92 Å². The van der Waals surface area contributed by atoms with E-state index in [1.807, 2.05) is 0 Å². The van der Waals surface area contributed by atoms with E-state index in [9.17, 15) is 27.2 Å². The standard InChI is InChI=1S/C16H15F4NO4/c1-3-10(14(23)24-2)12-11(13(22)16(20,21)25-12)8-5-4-6-9(7-8)15(17,18)19/h4-7,10H,3,21H2,1-2H3. The largest absolute Gasteiger partial charge is 0.468 e. The minimum Gasteiger partial charge on any atom is -0.468 e. The van der Waals surface area contributed by atoms with Gasteiger partial charge in [-0.1, -0.05) is 19.1 Å². The van der Waals surface area contributed by atoms with Gasteiger partial charge in [0, 0.05) is 0 Å². The number of benzene rings is 1. The fraction of sp³-hybridized carbons (Fsp3) is 0.375. The maximum atomic E-state index is 14.2. The van der Waals surface area contributed by atoms with Crippen LogP contribution < -0.4 is 5.73 Å². The third-order valence-corrected chi connectivity index (χ3v) is 3.73. The molecular weight excluding hydrogens is 346 g/mol. The Bertz CT molecular complexity index is 740. The van der Waals surface area contributed by atoms with Crippen molar-refractivity contribution < 1.29 is 36.6 Å². The number of hydrogen-bond donors (Lipinski definition) is 1. The Morgan fingerprint density at radius 3 is 2.56 bits per heavy atom. The van der Waals surface area contributed by atoms with Crippen molar-refractivity contribution in [2.24, 2.45) is 11.7 Å². The second-order valence-electron chi connectivity index (χ2n) is 5.38. The number of ketones is 1. The quantitative estimate of drug-likeness (QED) is 0.507. The zero-order chi connectivity index (χ0) is 19.0. The van der Waals surface area contributed by atoms with Gasteiger partial charge >= 0.3 is 18.1 Å². The van der Waals surface area contributed by atoms with Crippen LogP contribution in [0.25, 0.3) is 5.57 Å². The predicted molar refractivity (Wildman–Crippen MR) is 78.3 cm³/mol. The zero-order valence-electron chi connectivity index (χ0n) is 13.3. The highest BCUT2D eigenvalue weighted by atomic mass is 19.4. The van der Waals surface area contributed by atoms with Gasteiger partial charge in [-0.2, -0.15) is 17.6 Å². The lowest BCUT2D eigenvalue weighted by atomic mass is 9.93. The molecule has 0 saturated heterocycles. The van der Waals surface area contributed by atoms with Gasteiger partial charge in [0.1, 0.15) is 11.7 Å². The Hall–Kier alpha value is -2.42. The maximum Gasteiger partial charge on any atom is 0.416 e. The number of methoxy groups -OCH3 is 1. The van der Waals surface area contributed by atoms with Gasteiger partial charge in [-0.05, 0) is 24.1 Å². The molecule has 0 aromatic heterocycles. The lowest BCUT2D eigenvalue weighted by molar-refractivity contribution is -0.156. The number of rotatable bonds is 4. The monoisotopic (exact) mass is 361 g/mol. The molecule has 2 rings (SSSR count). The molecule has 0 fully saturated rings. The first-order chi connectivity index (χ1) is 11.5. The normalized spacial score (nSPS) is 22.0. The highest BCUT2D eigenvalue weighted by Gasteiger charge is 2.50. The number of hydrogen-bond acceptors (Lipinski definition) is 5. The molecule has 2 atom stereocenters. The van der Waals surface area contributed by atoms with Gasteiger partial charge in [-0.25, -0.2) is 0 Å². The number of Topliss-reactive ketones (excluding diaryl/α,β-unsaturated/α-hetero) is 1. The van der Waals surface area contributed by atoms with Gasteiger partial charge in [0.2, 0.25) is 0 Å². The van der Waals surface area contributed by atoms with Crippen molar-refractivity contribution in [2.45, 2.75) is 25.5 Å². The average Bonchev–Trinajstić information content (AvgIpc) is 2.77. The molecule has 0 spiro atoms. The minimum absolute atomic E-state index is 0.0633. The molecule has 136 valence electrons. The molecule has 1 aliphatic heterocycles. The van der Waals surface area contributed by atoms with Crippen molar-refractivity contribution in [2.75, 3.05) is 7.11 Å². The fourth-order valence-corrected chi connectivity index (χ4v) is 2.51. The predicted octanol–water partition coefficient (Wildman–Crippen LogP) is 2.80. The summed E-state index contributed by atoms with van der Waals surface area (Å²) >= 11 is 0. The van der Waals surface area contributed by atoms with E-state index >= 15 is 0 Å². The van der Waals surface area contributed by atoms with Crippen LogP contribution in [0.3, 0.4) is 0 Å². The van der Waals surface area contributed by atoms with Crippen LogP contribution >= 0.6 is 0 Å². The SMILES string of the molecule is CCC(C(=O)OC)C1=C(c2cccc(C(F)(F)F)c2)C(=O)C(N)(F)O1. The smallest absolute Gasteiger partial charge is 0.416 e. The fourth-order valence-electron chi connectivity index (χ4n) is 2.51. The second-order valence-corrected chi connectivity index (χ2v) is 5.38. The third kappa shape index (κ3) is 3.51. The molecule has 25 heavy (non-hydrogen) atoms. The number of alkyl halides is 4. The van der Waals surface area contributed by atoms with Crippen molar-refractivity contribution in [1.29, 1.82) is 0 Å². The molecule has 1 aliphatic rings. The van der Waals surface area contributed by atoms with E-state index in [-0.39, 0.29) is 12.0 Å². The van der Waals surface area contributed by atoms with Gasteiger partial charge in [0.05, 0.1) is 18.2 Å². The molecule has 0 radical (unpaired) electrons. The van der Waals surface area contributed by atoms with Crippen LogP contribution in [0.15, 0.2) is 30.0 Å². The van der Waals surface area contributed by atoms with Crippen LogP contribution in [-0.4, -0.2) is 24.8 Å². The van der Waals surface area contributed by atoms with E-state index in [4.69, 9.17) is 10.5 Å². The number of nitrogens with two attached hydrogens (primary N) is 1. The van der Waals surface area contributed by atoms with Crippen LogP contribution in [-0.2, 0) is 25.2 Å². The number of carbonyl (C=O) groups excluding carboxylic acids is 2. The summed E-state index contributed by atoms with van der Waals surface area (Å²) in [6, 6.07) is 3.70. The highest BCUT2D eigenvalue weighted by molar-refractivity contribution is 6.26. The van der Waals surface area contributed by atoms with Crippen LogP contribution in [0.4, 0.5) is 17.6 Å². The zero-order valence-corrected chi connectivity index (χ0v) is 13.3. The van der Waals surface area contributed by atoms with Gasteiger partial charge in [0.15, 0.2) is 0 Å². The molecular formula is C16H15F4NO4. The van der Waals surface area contributed by atoms with Crippen LogP contribution in [0.2, 0.25) is 0 Å². The number of carbonyl (C=O) groups is 2. The van der Waals surface area contributed by atoms with E-state index in [2.05, 4.69) is 4.74 Å². The Kier molecular flexibility index (Phi) is 4.90. The van der Waals surface area contributed by atoms with E-state index in [0.29, 0.717) is 6.07 Å². The first-order valence-electron chi connectivity index (χ1n) is 7.24. The molecule has 0 bridgehead atoms. The van der Waals surface area contributed by atoms with Crippen LogP contribution in [0.5, 0.6) is 0 Å². The summed E-state index contributed by atoms with van der Waals surface area (Å²) in [5.41, 5.74) is 3.35. The van der Waals surface area contributed by atoms with E-state index < -0.39 is 46.7 Å². The first kappa shape index (κ1) is 18.9. The Morgan fingerprint density at radius 1 is 1.40 bits per heavy atom. The molecule has 9 heteroatoms. The van der Waals surface area contributed by atoms with Crippen LogP contribution in [0, 0.1) is 5.92 Å². The first-order valence-corrected chi connectivity index (χ1v) is 7.24. The molecule has 1 heterocycles. The molecule has 1 aromatic carbocycles. The summed E-state index contributed by atoms with van der Waals surface area (Å²) in [4.78, 5) is 24.1. The Labute approximate surface area is 140 Å². The van der Waals surface area contributed by atoms with Gasteiger partial charge in [-0.3, -0.25) is 15.3 Å². The van der Waals surface area contributed by atoms with Gasteiger partial charge in [-0.15, -0.1) is 0 Å². The molecule has 5 nitrogen and oxygen atoms in total. The number of esters is 1. The van der Waals surface area contributed by atoms with Gasteiger partial charge < -0.3 is 9.47 Å². The Morgan fingerprint density at radius 2 is 2.04 bits per heavy atom. The minimum atomic E-state index is -4.67. The lowest BCUT2D eigenvalue weighted by Gasteiger charge is -2.18.